The smallest absolute Gasteiger partial charge is 0.0992 e. The van der Waals surface area contributed by atoms with Crippen molar-refractivity contribution in [1.82, 2.24) is 9.55 Å². The summed E-state index contributed by atoms with van der Waals surface area (Å²) in [5.41, 5.74) is 4.58. The van der Waals surface area contributed by atoms with E-state index < -0.39 is 0 Å². The van der Waals surface area contributed by atoms with E-state index in [-0.39, 0.29) is 0 Å². The molecule has 0 bridgehead atoms. The Balaban J connectivity index is 1.83. The molecule has 0 spiro atoms. The van der Waals surface area contributed by atoms with Crippen LogP contribution in [0.25, 0.3) is 5.69 Å². The van der Waals surface area contributed by atoms with Crippen molar-refractivity contribution in [2.24, 2.45) is 0 Å². The highest BCUT2D eigenvalue weighted by Crippen LogP contribution is 2.22. The molecular weight excluding hydrogens is 282 g/mol. The molecule has 4 heteroatoms. The molecule has 2 aromatic carbocycles. The summed E-state index contributed by atoms with van der Waals surface area (Å²) in [7, 11) is 0. The molecule has 0 radical (unpaired) electrons. The summed E-state index contributed by atoms with van der Waals surface area (Å²) in [6, 6.07) is 14.2. The van der Waals surface area contributed by atoms with Crippen LogP contribution in [-0.2, 0) is 6.54 Å². The van der Waals surface area contributed by atoms with Crippen LogP contribution in [0.15, 0.2) is 61.2 Å². The molecule has 3 aromatic rings. The van der Waals surface area contributed by atoms with Gasteiger partial charge in [-0.25, -0.2) is 4.98 Å². The summed E-state index contributed by atoms with van der Waals surface area (Å²) < 4.78 is 2.00. The molecule has 0 saturated heterocycles. The Kier molecular flexibility index (Phi) is 3.93. The lowest BCUT2D eigenvalue weighted by Gasteiger charge is -2.13. The van der Waals surface area contributed by atoms with Crippen molar-refractivity contribution in [3.8, 4) is 5.69 Å². The van der Waals surface area contributed by atoms with Crippen molar-refractivity contribution in [2.45, 2.75) is 13.5 Å². The molecule has 3 nitrogen and oxygen atoms in total. The van der Waals surface area contributed by atoms with Gasteiger partial charge in [0.05, 0.1) is 17.7 Å². The molecule has 1 heterocycles. The molecule has 0 atom stereocenters. The number of para-hydroxylation sites is 2. The third-order valence-corrected chi connectivity index (χ3v) is 3.70. The molecule has 1 aromatic heterocycles. The second-order valence-electron chi connectivity index (χ2n) is 4.91. The first-order valence-electron chi connectivity index (χ1n) is 6.80. The Morgan fingerprint density at radius 1 is 1.19 bits per heavy atom. The van der Waals surface area contributed by atoms with E-state index in [0.29, 0.717) is 0 Å². The zero-order valence-electron chi connectivity index (χ0n) is 11.8. The number of benzene rings is 2. The van der Waals surface area contributed by atoms with Gasteiger partial charge in [-0.1, -0.05) is 29.8 Å². The molecule has 0 aliphatic carbocycles. The number of imidazole rings is 1. The van der Waals surface area contributed by atoms with Gasteiger partial charge in [0.1, 0.15) is 0 Å². The van der Waals surface area contributed by atoms with E-state index >= 15 is 0 Å². The van der Waals surface area contributed by atoms with Gasteiger partial charge in [-0.3, -0.25) is 0 Å². The van der Waals surface area contributed by atoms with E-state index in [1.54, 1.807) is 12.5 Å². The highest BCUT2D eigenvalue weighted by atomic mass is 35.5. The van der Waals surface area contributed by atoms with Crippen molar-refractivity contribution in [1.29, 1.82) is 0 Å². The highest BCUT2D eigenvalue weighted by Gasteiger charge is 2.04. The zero-order valence-corrected chi connectivity index (χ0v) is 12.5. The fourth-order valence-corrected chi connectivity index (χ4v) is 2.52. The van der Waals surface area contributed by atoms with E-state index in [4.69, 9.17) is 11.6 Å². The van der Waals surface area contributed by atoms with E-state index in [2.05, 4.69) is 35.4 Å². The maximum atomic E-state index is 6.00. The average Bonchev–Trinajstić information content (AvgIpc) is 3.01. The van der Waals surface area contributed by atoms with Gasteiger partial charge in [-0.15, -0.1) is 0 Å². The number of aryl methyl sites for hydroxylation is 1. The van der Waals surface area contributed by atoms with Crippen LogP contribution in [0, 0.1) is 6.92 Å². The largest absolute Gasteiger partial charge is 0.379 e. The number of nitrogens with zero attached hydrogens (tertiary/aromatic N) is 2. The number of anilines is 1. The lowest BCUT2D eigenvalue weighted by Crippen LogP contribution is -2.04. The first-order chi connectivity index (χ1) is 10.2. The third-order valence-electron chi connectivity index (χ3n) is 3.46. The van der Waals surface area contributed by atoms with Crippen LogP contribution in [-0.4, -0.2) is 9.55 Å². The predicted octanol–water partition coefficient (Wildman–Crippen LogP) is 4.45. The standard InChI is InChI=1S/C17H16ClN3/c1-13-10-15(18)7-6-14(13)11-20-16-4-2-3-5-17(16)21-9-8-19-12-21/h2-10,12,20H,11H2,1H3. The summed E-state index contributed by atoms with van der Waals surface area (Å²) in [6.07, 6.45) is 5.52. The Morgan fingerprint density at radius 2 is 2.05 bits per heavy atom. The topological polar surface area (TPSA) is 29.9 Å². The van der Waals surface area contributed by atoms with Crippen LogP contribution in [0.1, 0.15) is 11.1 Å². The number of rotatable bonds is 4. The maximum Gasteiger partial charge on any atom is 0.0992 e. The molecule has 21 heavy (non-hydrogen) atoms. The van der Waals surface area contributed by atoms with E-state index in [0.717, 1.165) is 22.9 Å². The Bertz CT molecular complexity index is 736. The number of nitrogens with one attached hydrogen (secondary N) is 1. The zero-order chi connectivity index (χ0) is 14.7. The van der Waals surface area contributed by atoms with Gasteiger partial charge < -0.3 is 9.88 Å². The summed E-state index contributed by atoms with van der Waals surface area (Å²) in [5, 5.41) is 4.26. The second kappa shape index (κ2) is 6.02. The molecule has 0 fully saturated rings. The lowest BCUT2D eigenvalue weighted by molar-refractivity contribution is 1.04. The first kappa shape index (κ1) is 13.7. The number of halogens is 1. The lowest BCUT2D eigenvalue weighted by atomic mass is 10.1. The van der Waals surface area contributed by atoms with Crippen LogP contribution in [0.3, 0.4) is 0 Å². The Morgan fingerprint density at radius 3 is 2.81 bits per heavy atom. The summed E-state index contributed by atoms with van der Waals surface area (Å²) in [5.74, 6) is 0. The molecule has 0 aliphatic heterocycles. The molecule has 0 saturated carbocycles. The molecule has 1 N–H and O–H groups in total. The van der Waals surface area contributed by atoms with Crippen LogP contribution >= 0.6 is 11.6 Å². The van der Waals surface area contributed by atoms with Gasteiger partial charge >= 0.3 is 0 Å². The van der Waals surface area contributed by atoms with Gasteiger partial charge in [-0.05, 0) is 42.3 Å². The van der Waals surface area contributed by atoms with Crippen molar-refractivity contribution >= 4 is 17.3 Å². The van der Waals surface area contributed by atoms with Gasteiger partial charge in [0, 0.05) is 24.0 Å². The minimum absolute atomic E-state index is 0.759. The highest BCUT2D eigenvalue weighted by molar-refractivity contribution is 6.30. The minimum Gasteiger partial charge on any atom is -0.379 e. The van der Waals surface area contributed by atoms with Crippen LogP contribution in [0.5, 0.6) is 0 Å². The van der Waals surface area contributed by atoms with Gasteiger partial charge in [0.2, 0.25) is 0 Å². The SMILES string of the molecule is Cc1cc(Cl)ccc1CNc1ccccc1-n1ccnc1. The Labute approximate surface area is 129 Å². The van der Waals surface area contributed by atoms with Crippen molar-refractivity contribution in [2.75, 3.05) is 5.32 Å². The molecule has 3 rings (SSSR count). The van der Waals surface area contributed by atoms with Crippen LogP contribution in [0.4, 0.5) is 5.69 Å². The number of aromatic nitrogens is 2. The summed E-state index contributed by atoms with van der Waals surface area (Å²) in [6.45, 7) is 2.83. The molecule has 106 valence electrons. The second-order valence-corrected chi connectivity index (χ2v) is 5.35. The molecular formula is C17H16ClN3. The quantitative estimate of drug-likeness (QED) is 0.771. The fourth-order valence-electron chi connectivity index (χ4n) is 2.30. The molecule has 0 amide bonds. The third kappa shape index (κ3) is 3.09. The number of hydrogen-bond donors (Lipinski definition) is 1. The monoisotopic (exact) mass is 297 g/mol. The number of hydrogen-bond acceptors (Lipinski definition) is 2. The predicted molar refractivity (Wildman–Crippen MR) is 87.1 cm³/mol. The minimum atomic E-state index is 0.759. The van der Waals surface area contributed by atoms with E-state index in [1.165, 1.54) is 11.1 Å². The Hall–Kier alpha value is -2.26. The van der Waals surface area contributed by atoms with Gasteiger partial charge in [-0.2, -0.15) is 0 Å². The maximum absolute atomic E-state index is 6.00. The van der Waals surface area contributed by atoms with Crippen molar-refractivity contribution in [3.05, 3.63) is 77.3 Å². The average molecular weight is 298 g/mol. The summed E-state index contributed by atoms with van der Waals surface area (Å²) >= 11 is 6.00. The molecule has 0 aliphatic rings. The molecule has 0 unspecified atom stereocenters. The fraction of sp³-hybridized carbons (Fsp3) is 0.118. The van der Waals surface area contributed by atoms with E-state index in [9.17, 15) is 0 Å². The van der Waals surface area contributed by atoms with Crippen molar-refractivity contribution in [3.63, 3.8) is 0 Å². The van der Waals surface area contributed by atoms with Crippen LogP contribution in [0.2, 0.25) is 5.02 Å². The van der Waals surface area contributed by atoms with Gasteiger partial charge in [0.25, 0.3) is 0 Å². The summed E-state index contributed by atoms with van der Waals surface area (Å²) in [4.78, 5) is 4.10. The normalized spacial score (nSPS) is 10.6. The first-order valence-corrected chi connectivity index (χ1v) is 7.18. The van der Waals surface area contributed by atoms with Gasteiger partial charge in [0.15, 0.2) is 0 Å². The van der Waals surface area contributed by atoms with Crippen LogP contribution < -0.4 is 5.32 Å². The van der Waals surface area contributed by atoms with E-state index in [1.807, 2.05) is 35.0 Å². The van der Waals surface area contributed by atoms with Crippen molar-refractivity contribution < 1.29 is 0 Å².